The highest BCUT2D eigenvalue weighted by Gasteiger charge is 2.15. The Morgan fingerprint density at radius 3 is 2.84 bits per heavy atom. The van der Waals surface area contributed by atoms with Gasteiger partial charge in [0.2, 0.25) is 11.0 Å². The third-order valence-electron chi connectivity index (χ3n) is 3.55. The summed E-state index contributed by atoms with van der Waals surface area (Å²) in [6, 6.07) is 7.92. The van der Waals surface area contributed by atoms with Crippen LogP contribution in [0.1, 0.15) is 36.9 Å². The molecule has 1 unspecified atom stereocenters. The highest BCUT2D eigenvalue weighted by atomic mass is 32.2. The molecule has 2 N–H and O–H groups in total. The number of hydrogen-bond donors (Lipinski definition) is 2. The van der Waals surface area contributed by atoms with Crippen molar-refractivity contribution in [2.75, 3.05) is 11.1 Å². The third-order valence-corrected chi connectivity index (χ3v) is 5.57. The molecule has 2 heterocycles. The first-order valence-corrected chi connectivity index (χ1v) is 10.1. The summed E-state index contributed by atoms with van der Waals surface area (Å²) in [7, 11) is 0. The van der Waals surface area contributed by atoms with Gasteiger partial charge in [0.05, 0.1) is 22.0 Å². The van der Waals surface area contributed by atoms with Crippen LogP contribution >= 0.6 is 23.1 Å². The van der Waals surface area contributed by atoms with Gasteiger partial charge in [0.15, 0.2) is 0 Å². The molecule has 0 spiro atoms. The number of nitrogens with one attached hydrogen (secondary N) is 2. The van der Waals surface area contributed by atoms with Crippen LogP contribution < -0.4 is 5.32 Å². The lowest BCUT2D eigenvalue weighted by atomic mass is 10.1. The van der Waals surface area contributed by atoms with Crippen LogP contribution in [0.3, 0.4) is 0 Å². The fourth-order valence-electron chi connectivity index (χ4n) is 2.34. The van der Waals surface area contributed by atoms with Crippen molar-refractivity contribution in [2.45, 2.75) is 32.4 Å². The molecule has 1 amide bonds. The molecule has 0 saturated carbocycles. The zero-order chi connectivity index (χ0) is 17.8. The van der Waals surface area contributed by atoms with Gasteiger partial charge in [-0.15, -0.1) is 22.0 Å². The normalized spacial score (nSPS) is 12.6. The molecule has 0 aliphatic heterocycles. The van der Waals surface area contributed by atoms with Gasteiger partial charge in [-0.3, -0.25) is 10.1 Å². The lowest BCUT2D eigenvalue weighted by Crippen LogP contribution is -2.14. The summed E-state index contributed by atoms with van der Waals surface area (Å²) in [5, 5.41) is 12.6. The first-order chi connectivity index (χ1) is 12.0. The average Bonchev–Trinajstić information content (AvgIpc) is 3.18. The molecule has 3 aromatic rings. The van der Waals surface area contributed by atoms with Crippen molar-refractivity contribution in [3.05, 3.63) is 35.1 Å². The Morgan fingerprint density at radius 2 is 2.08 bits per heavy atom. The van der Waals surface area contributed by atoms with Gasteiger partial charge in [-0.05, 0) is 25.0 Å². The monoisotopic (exact) mass is 375 g/mol. The SMILES string of the molecule is CC(C)Cc1nnc(NC(=O)CSC(C)c2nc3ccccc3[nH]2)s1. The standard InChI is InChI=1S/C17H21N5OS2/c1-10(2)8-15-21-22-17(25-15)20-14(23)9-24-11(3)16-18-12-6-4-5-7-13(12)19-16/h4-7,10-11H,8-9H2,1-3H3,(H,18,19)(H,20,22,23). The molecular formula is C17H21N5OS2. The van der Waals surface area contributed by atoms with E-state index in [1.54, 1.807) is 11.8 Å². The molecule has 0 saturated heterocycles. The summed E-state index contributed by atoms with van der Waals surface area (Å²) >= 11 is 2.98. The van der Waals surface area contributed by atoms with Crippen LogP contribution in [-0.2, 0) is 11.2 Å². The molecule has 0 aliphatic carbocycles. The average molecular weight is 376 g/mol. The summed E-state index contributed by atoms with van der Waals surface area (Å²) in [6.45, 7) is 6.31. The maximum absolute atomic E-state index is 12.1. The fourth-order valence-corrected chi connectivity index (χ4v) is 4.05. The number of imidazole rings is 1. The van der Waals surface area contributed by atoms with E-state index in [1.807, 2.05) is 31.2 Å². The zero-order valence-corrected chi connectivity index (χ0v) is 16.1. The maximum Gasteiger partial charge on any atom is 0.236 e. The number of hydrogen-bond acceptors (Lipinski definition) is 6. The fraction of sp³-hybridized carbons (Fsp3) is 0.412. The first kappa shape index (κ1) is 17.9. The molecule has 0 aliphatic rings. The zero-order valence-electron chi connectivity index (χ0n) is 14.4. The van der Waals surface area contributed by atoms with Gasteiger partial charge < -0.3 is 4.98 Å². The lowest BCUT2D eigenvalue weighted by Gasteiger charge is -2.07. The van der Waals surface area contributed by atoms with E-state index in [-0.39, 0.29) is 11.2 Å². The molecule has 6 nitrogen and oxygen atoms in total. The molecule has 0 fully saturated rings. The van der Waals surface area contributed by atoms with Crippen molar-refractivity contribution in [3.63, 3.8) is 0 Å². The molecule has 8 heteroatoms. The van der Waals surface area contributed by atoms with E-state index in [1.165, 1.54) is 11.3 Å². The number of thioether (sulfide) groups is 1. The molecule has 1 aromatic carbocycles. The van der Waals surface area contributed by atoms with E-state index in [4.69, 9.17) is 0 Å². The summed E-state index contributed by atoms with van der Waals surface area (Å²) in [5.41, 5.74) is 1.96. The van der Waals surface area contributed by atoms with Crippen molar-refractivity contribution < 1.29 is 4.79 Å². The van der Waals surface area contributed by atoms with Crippen LogP contribution in [0.4, 0.5) is 5.13 Å². The van der Waals surface area contributed by atoms with Crippen LogP contribution in [0.15, 0.2) is 24.3 Å². The Morgan fingerprint density at radius 1 is 1.28 bits per heavy atom. The topological polar surface area (TPSA) is 83.6 Å². The van der Waals surface area contributed by atoms with Gasteiger partial charge in [-0.25, -0.2) is 4.98 Å². The summed E-state index contributed by atoms with van der Waals surface area (Å²) < 4.78 is 0. The number of carbonyl (C=O) groups excluding carboxylic acids is 1. The van der Waals surface area contributed by atoms with Crippen LogP contribution in [0.25, 0.3) is 11.0 Å². The second-order valence-corrected chi connectivity index (χ2v) is 8.63. The number of nitrogens with zero attached hydrogens (tertiary/aromatic N) is 3. The number of benzene rings is 1. The number of carbonyl (C=O) groups is 1. The van der Waals surface area contributed by atoms with Crippen molar-refractivity contribution in [1.82, 2.24) is 20.2 Å². The number of aromatic nitrogens is 4. The van der Waals surface area contributed by atoms with Crippen LogP contribution in [0.5, 0.6) is 0 Å². The molecular weight excluding hydrogens is 354 g/mol. The summed E-state index contributed by atoms with van der Waals surface area (Å²) in [4.78, 5) is 20.0. The summed E-state index contributed by atoms with van der Waals surface area (Å²) in [6.07, 6.45) is 0.880. The Bertz CT molecular complexity index is 824. The molecule has 2 aromatic heterocycles. The smallest absolute Gasteiger partial charge is 0.236 e. The number of aromatic amines is 1. The quantitative estimate of drug-likeness (QED) is 0.651. The second kappa shape index (κ2) is 7.97. The predicted octanol–water partition coefficient (Wildman–Crippen LogP) is 4.05. The number of fused-ring (bicyclic) bond motifs is 1. The van der Waals surface area contributed by atoms with E-state index >= 15 is 0 Å². The predicted molar refractivity (Wildman–Crippen MR) is 104 cm³/mol. The molecule has 0 bridgehead atoms. The second-order valence-electron chi connectivity index (χ2n) is 6.24. The highest BCUT2D eigenvalue weighted by molar-refractivity contribution is 8.00. The largest absolute Gasteiger partial charge is 0.341 e. The molecule has 1 atom stereocenters. The van der Waals surface area contributed by atoms with Gasteiger partial charge in [0.1, 0.15) is 10.8 Å². The Hall–Kier alpha value is -1.93. The van der Waals surface area contributed by atoms with Crippen LogP contribution in [0, 0.1) is 5.92 Å². The highest BCUT2D eigenvalue weighted by Crippen LogP contribution is 2.28. The van der Waals surface area contributed by atoms with Crippen molar-refractivity contribution >= 4 is 45.2 Å². The number of anilines is 1. The van der Waals surface area contributed by atoms with Gasteiger partial charge in [-0.2, -0.15) is 0 Å². The van der Waals surface area contributed by atoms with E-state index in [9.17, 15) is 4.79 Å². The Kier molecular flexibility index (Phi) is 5.70. The van der Waals surface area contributed by atoms with E-state index in [0.29, 0.717) is 16.8 Å². The van der Waals surface area contributed by atoms with Crippen molar-refractivity contribution in [3.8, 4) is 0 Å². The number of para-hydroxylation sites is 2. The van der Waals surface area contributed by atoms with Gasteiger partial charge in [-0.1, -0.05) is 37.3 Å². The molecule has 132 valence electrons. The minimum absolute atomic E-state index is 0.0693. The van der Waals surface area contributed by atoms with Crippen molar-refractivity contribution in [2.24, 2.45) is 5.92 Å². The molecule has 25 heavy (non-hydrogen) atoms. The van der Waals surface area contributed by atoms with Gasteiger partial charge >= 0.3 is 0 Å². The first-order valence-electron chi connectivity index (χ1n) is 8.19. The molecule has 0 radical (unpaired) electrons. The number of rotatable bonds is 7. The van der Waals surface area contributed by atoms with Crippen LogP contribution in [-0.4, -0.2) is 31.8 Å². The Balaban J connectivity index is 1.52. The van der Waals surface area contributed by atoms with Crippen LogP contribution in [0.2, 0.25) is 0 Å². The molecule has 3 rings (SSSR count). The number of H-pyrrole nitrogens is 1. The summed E-state index contributed by atoms with van der Waals surface area (Å²) in [5.74, 6) is 1.68. The Labute approximate surface area is 154 Å². The minimum Gasteiger partial charge on any atom is -0.341 e. The third kappa shape index (κ3) is 4.79. The van der Waals surface area contributed by atoms with E-state index in [2.05, 4.69) is 39.3 Å². The minimum atomic E-state index is -0.0693. The number of amides is 1. The van der Waals surface area contributed by atoms with E-state index < -0.39 is 0 Å². The van der Waals surface area contributed by atoms with Gasteiger partial charge in [0, 0.05) is 6.42 Å². The maximum atomic E-state index is 12.1. The van der Waals surface area contributed by atoms with Gasteiger partial charge in [0.25, 0.3) is 0 Å². The van der Waals surface area contributed by atoms with Crippen molar-refractivity contribution in [1.29, 1.82) is 0 Å². The van der Waals surface area contributed by atoms with E-state index in [0.717, 1.165) is 28.3 Å². The lowest BCUT2D eigenvalue weighted by molar-refractivity contribution is -0.113.